The summed E-state index contributed by atoms with van der Waals surface area (Å²) in [4.78, 5) is 24.6. The van der Waals surface area contributed by atoms with Crippen molar-refractivity contribution < 1.29 is 18.0 Å². The number of nitrogens with one attached hydrogen (secondary N) is 1. The number of halogens is 3. The number of hydrogen-bond donors (Lipinski definition) is 1. The summed E-state index contributed by atoms with van der Waals surface area (Å²) in [6, 6.07) is 5.59. The molecule has 170 valence electrons. The van der Waals surface area contributed by atoms with Crippen molar-refractivity contribution in [2.24, 2.45) is 0 Å². The topological polar surface area (TPSA) is 77.6 Å². The number of fused-ring (bicyclic) bond motifs is 1. The molecule has 1 aliphatic carbocycles. The van der Waals surface area contributed by atoms with E-state index in [-0.39, 0.29) is 17.7 Å². The second-order valence-corrected chi connectivity index (χ2v) is 8.28. The summed E-state index contributed by atoms with van der Waals surface area (Å²) in [5, 5.41) is 3.63. The van der Waals surface area contributed by atoms with Gasteiger partial charge in [0.15, 0.2) is 6.29 Å². The van der Waals surface area contributed by atoms with Crippen molar-refractivity contribution in [3.05, 3.63) is 59.9 Å². The van der Waals surface area contributed by atoms with Crippen LogP contribution in [0.3, 0.4) is 0 Å². The summed E-state index contributed by atoms with van der Waals surface area (Å²) in [6.07, 6.45) is 5.06. The number of carbonyl (C=O) groups excluding carboxylic acids is 1. The molecule has 1 fully saturated rings. The minimum absolute atomic E-state index is 0.157. The molecule has 0 unspecified atom stereocenters. The zero-order valence-corrected chi connectivity index (χ0v) is 17.8. The van der Waals surface area contributed by atoms with Gasteiger partial charge < -0.3 is 14.5 Å². The van der Waals surface area contributed by atoms with Gasteiger partial charge in [-0.2, -0.15) is 18.2 Å². The zero-order valence-electron chi connectivity index (χ0n) is 17.8. The summed E-state index contributed by atoms with van der Waals surface area (Å²) >= 11 is 0. The Bertz CT molecular complexity index is 1330. The van der Waals surface area contributed by atoms with E-state index in [4.69, 9.17) is 0 Å². The quantitative estimate of drug-likeness (QED) is 0.396. The molecule has 7 nitrogen and oxygen atoms in total. The Kier molecular flexibility index (Phi) is 5.15. The van der Waals surface area contributed by atoms with Gasteiger partial charge in [0.1, 0.15) is 5.65 Å². The van der Waals surface area contributed by atoms with Crippen LogP contribution in [0.1, 0.15) is 53.5 Å². The number of aryl methyl sites for hydroxylation is 1. The van der Waals surface area contributed by atoms with E-state index in [1.807, 2.05) is 4.57 Å². The number of imidazole rings is 1. The molecule has 0 radical (unpaired) electrons. The fourth-order valence-corrected chi connectivity index (χ4v) is 4.41. The fourth-order valence-electron chi connectivity index (χ4n) is 4.41. The van der Waals surface area contributed by atoms with Gasteiger partial charge in [0.2, 0.25) is 5.95 Å². The van der Waals surface area contributed by atoms with Gasteiger partial charge in [-0.15, -0.1) is 0 Å². The molecule has 0 spiro atoms. The Morgan fingerprint density at radius 1 is 1.12 bits per heavy atom. The van der Waals surface area contributed by atoms with Crippen LogP contribution < -0.4 is 5.32 Å². The number of aromatic nitrogens is 5. The molecule has 0 saturated heterocycles. The first-order valence-electron chi connectivity index (χ1n) is 10.7. The van der Waals surface area contributed by atoms with E-state index in [1.165, 1.54) is 10.9 Å². The first-order chi connectivity index (χ1) is 15.8. The lowest BCUT2D eigenvalue weighted by molar-refractivity contribution is -0.137. The number of carbonyl (C=O) groups is 1. The van der Waals surface area contributed by atoms with E-state index in [0.29, 0.717) is 28.1 Å². The van der Waals surface area contributed by atoms with Gasteiger partial charge in [-0.25, -0.2) is 9.97 Å². The van der Waals surface area contributed by atoms with Crippen molar-refractivity contribution in [3.8, 4) is 5.69 Å². The highest BCUT2D eigenvalue weighted by atomic mass is 19.4. The Morgan fingerprint density at radius 3 is 2.58 bits per heavy atom. The van der Waals surface area contributed by atoms with Gasteiger partial charge >= 0.3 is 6.18 Å². The maximum Gasteiger partial charge on any atom is 0.416 e. The molecule has 3 aromatic heterocycles. The van der Waals surface area contributed by atoms with Crippen molar-refractivity contribution in [2.75, 3.05) is 5.32 Å². The van der Waals surface area contributed by atoms with Crippen LogP contribution in [0.4, 0.5) is 24.8 Å². The maximum absolute atomic E-state index is 13.6. The summed E-state index contributed by atoms with van der Waals surface area (Å²) in [5.41, 5.74) is 1.52. The number of benzene rings is 1. The Labute approximate surface area is 187 Å². The van der Waals surface area contributed by atoms with Crippen molar-refractivity contribution in [1.29, 1.82) is 0 Å². The lowest BCUT2D eigenvalue weighted by Gasteiger charge is -2.16. The number of hydrogen-bond acceptors (Lipinski definition) is 5. The standard InChI is InChI=1S/C23H21F3N6O/c1-14-11-31(13-28-14)19-8-16(23(24,25)26)7-17(9-19)29-22-27-10-15-6-20(12-33)32(21(15)30-22)18-4-2-3-5-18/h6-13,18H,2-5H2,1H3,(H,27,29,30). The minimum atomic E-state index is -4.52. The smallest absolute Gasteiger partial charge is 0.324 e. The Balaban J connectivity index is 1.56. The van der Waals surface area contributed by atoms with Gasteiger partial charge in [0, 0.05) is 35.2 Å². The number of nitrogens with zero attached hydrogens (tertiary/aromatic N) is 5. The highest BCUT2D eigenvalue weighted by Crippen LogP contribution is 2.35. The van der Waals surface area contributed by atoms with Gasteiger partial charge in [-0.3, -0.25) is 4.79 Å². The molecular weight excluding hydrogens is 433 g/mol. The second-order valence-electron chi connectivity index (χ2n) is 8.28. The van der Waals surface area contributed by atoms with E-state index in [9.17, 15) is 18.0 Å². The molecule has 0 aliphatic heterocycles. The summed E-state index contributed by atoms with van der Waals surface area (Å²) in [6.45, 7) is 1.76. The van der Waals surface area contributed by atoms with Crippen molar-refractivity contribution in [2.45, 2.75) is 44.8 Å². The SMILES string of the molecule is Cc1cn(-c2cc(Nc3ncc4cc(C=O)n(C5CCCC5)c4n3)cc(C(F)(F)F)c2)cn1. The van der Waals surface area contributed by atoms with E-state index in [0.717, 1.165) is 44.1 Å². The Hall–Kier alpha value is -3.69. The first-order valence-corrected chi connectivity index (χ1v) is 10.7. The van der Waals surface area contributed by atoms with Crippen LogP contribution in [-0.4, -0.2) is 30.4 Å². The maximum atomic E-state index is 13.6. The second kappa shape index (κ2) is 8.02. The van der Waals surface area contributed by atoms with Crippen LogP contribution in [0.15, 0.2) is 43.0 Å². The van der Waals surface area contributed by atoms with Crippen molar-refractivity contribution in [3.63, 3.8) is 0 Å². The molecule has 0 amide bonds. The largest absolute Gasteiger partial charge is 0.416 e. The highest BCUT2D eigenvalue weighted by molar-refractivity contribution is 5.87. The number of anilines is 2. The molecule has 5 rings (SSSR count). The van der Waals surface area contributed by atoms with Crippen LogP contribution in [0, 0.1) is 6.92 Å². The molecule has 0 bridgehead atoms. The molecule has 10 heteroatoms. The molecule has 0 atom stereocenters. The molecule has 3 heterocycles. The van der Waals surface area contributed by atoms with Gasteiger partial charge in [0.25, 0.3) is 0 Å². The third-order valence-electron chi connectivity index (χ3n) is 5.93. The third-order valence-corrected chi connectivity index (χ3v) is 5.93. The van der Waals surface area contributed by atoms with E-state index in [2.05, 4.69) is 20.3 Å². The molecule has 4 aromatic rings. The average Bonchev–Trinajstić information content (AvgIpc) is 3.51. The monoisotopic (exact) mass is 454 g/mol. The number of alkyl halides is 3. The molecule has 1 aliphatic rings. The lowest BCUT2D eigenvalue weighted by atomic mass is 10.1. The predicted molar refractivity (Wildman–Crippen MR) is 117 cm³/mol. The number of aldehydes is 1. The third kappa shape index (κ3) is 4.08. The van der Waals surface area contributed by atoms with Crippen molar-refractivity contribution in [1.82, 2.24) is 24.1 Å². The summed E-state index contributed by atoms with van der Waals surface area (Å²) < 4.78 is 44.1. The zero-order chi connectivity index (χ0) is 23.2. The van der Waals surface area contributed by atoms with Crippen LogP contribution in [0.5, 0.6) is 0 Å². The summed E-state index contributed by atoms with van der Waals surface area (Å²) in [7, 11) is 0. The molecule has 1 saturated carbocycles. The molecule has 33 heavy (non-hydrogen) atoms. The first kappa shape index (κ1) is 21.2. The van der Waals surface area contributed by atoms with Gasteiger partial charge in [-0.1, -0.05) is 12.8 Å². The van der Waals surface area contributed by atoms with E-state index < -0.39 is 11.7 Å². The Morgan fingerprint density at radius 2 is 1.91 bits per heavy atom. The van der Waals surface area contributed by atoms with Gasteiger partial charge in [0.05, 0.1) is 23.3 Å². The average molecular weight is 454 g/mol. The van der Waals surface area contributed by atoms with Crippen molar-refractivity contribution >= 4 is 29.0 Å². The predicted octanol–water partition coefficient (Wildman–Crippen LogP) is 5.62. The normalized spacial score (nSPS) is 14.8. The van der Waals surface area contributed by atoms with E-state index >= 15 is 0 Å². The van der Waals surface area contributed by atoms with Crippen LogP contribution in [-0.2, 0) is 6.18 Å². The minimum Gasteiger partial charge on any atom is -0.324 e. The van der Waals surface area contributed by atoms with E-state index in [1.54, 1.807) is 31.5 Å². The molecule has 1 N–H and O–H groups in total. The lowest BCUT2D eigenvalue weighted by Crippen LogP contribution is -2.10. The molecular formula is C23H21F3N6O. The van der Waals surface area contributed by atoms with Gasteiger partial charge in [-0.05, 0) is 44.0 Å². The van der Waals surface area contributed by atoms with Crippen LogP contribution in [0.2, 0.25) is 0 Å². The summed E-state index contributed by atoms with van der Waals surface area (Å²) in [5.74, 6) is 0.157. The van der Waals surface area contributed by atoms with Crippen LogP contribution >= 0.6 is 0 Å². The number of rotatable bonds is 5. The highest BCUT2D eigenvalue weighted by Gasteiger charge is 2.31. The molecule has 1 aromatic carbocycles. The van der Waals surface area contributed by atoms with Crippen LogP contribution in [0.25, 0.3) is 16.7 Å². The fraction of sp³-hybridized carbons (Fsp3) is 0.304.